The SMILES string of the molecule is Cc1ccc(-n2cc3c(N4CCCC(C(=O)NCc5ccc(Br)cc5F)C4)ncnc3n2)cc1F. The van der Waals surface area contributed by atoms with E-state index < -0.39 is 0 Å². The molecule has 1 aliphatic rings. The van der Waals surface area contributed by atoms with Gasteiger partial charge in [-0.2, -0.15) is 0 Å². The van der Waals surface area contributed by atoms with Gasteiger partial charge in [-0.05, 0) is 49.6 Å². The molecular weight excluding hydrogens is 518 g/mol. The molecule has 5 rings (SSSR count). The first-order valence-corrected chi connectivity index (χ1v) is 12.1. The summed E-state index contributed by atoms with van der Waals surface area (Å²) < 4.78 is 30.4. The molecule has 35 heavy (non-hydrogen) atoms. The molecular formula is C25H23BrF2N6O. The van der Waals surface area contributed by atoms with Gasteiger partial charge in [0.15, 0.2) is 5.65 Å². The molecule has 1 atom stereocenters. The number of aromatic nitrogens is 4. The summed E-state index contributed by atoms with van der Waals surface area (Å²) in [6.45, 7) is 3.05. The number of carbonyl (C=O) groups excluding carboxylic acids is 1. The van der Waals surface area contributed by atoms with Crippen LogP contribution in [-0.2, 0) is 11.3 Å². The first-order valence-electron chi connectivity index (χ1n) is 11.3. The van der Waals surface area contributed by atoms with Crippen LogP contribution >= 0.6 is 15.9 Å². The second kappa shape index (κ2) is 9.69. The van der Waals surface area contributed by atoms with Crippen molar-refractivity contribution < 1.29 is 13.6 Å². The van der Waals surface area contributed by atoms with Gasteiger partial charge in [-0.15, -0.1) is 5.10 Å². The standard InChI is InChI=1S/C25H23BrF2N6O/c1-15-4-7-19(10-21(15)27)34-13-20-23(32-34)30-14-31-24(20)33-8-2-3-17(12-33)25(35)29-11-16-5-6-18(26)9-22(16)28/h4-7,9-10,13-14,17H,2-3,8,11-12H2,1H3,(H,29,35). The average Bonchev–Trinajstić information content (AvgIpc) is 3.29. The second-order valence-corrected chi connectivity index (χ2v) is 9.60. The summed E-state index contributed by atoms with van der Waals surface area (Å²) in [7, 11) is 0. The van der Waals surface area contributed by atoms with Crippen LogP contribution < -0.4 is 10.2 Å². The van der Waals surface area contributed by atoms with Crippen LogP contribution in [0.2, 0.25) is 0 Å². The van der Waals surface area contributed by atoms with Gasteiger partial charge in [0.05, 0.1) is 17.0 Å². The Morgan fingerprint density at radius 3 is 2.83 bits per heavy atom. The first kappa shape index (κ1) is 23.3. The largest absolute Gasteiger partial charge is 0.355 e. The van der Waals surface area contributed by atoms with Gasteiger partial charge < -0.3 is 10.2 Å². The number of piperidine rings is 1. The van der Waals surface area contributed by atoms with Crippen LogP contribution in [0.5, 0.6) is 0 Å². The van der Waals surface area contributed by atoms with E-state index in [1.165, 1.54) is 18.5 Å². The minimum Gasteiger partial charge on any atom is -0.355 e. The molecule has 2 aromatic carbocycles. The Balaban J connectivity index is 1.33. The van der Waals surface area contributed by atoms with Crippen molar-refractivity contribution >= 4 is 38.7 Å². The van der Waals surface area contributed by atoms with Crippen LogP contribution in [0.1, 0.15) is 24.0 Å². The van der Waals surface area contributed by atoms with Gasteiger partial charge in [0, 0.05) is 35.9 Å². The average molecular weight is 541 g/mol. The highest BCUT2D eigenvalue weighted by atomic mass is 79.9. The van der Waals surface area contributed by atoms with Gasteiger partial charge in [-0.25, -0.2) is 23.4 Å². The number of hydrogen-bond donors (Lipinski definition) is 1. The molecule has 0 saturated carbocycles. The van der Waals surface area contributed by atoms with Crippen LogP contribution in [-0.4, -0.2) is 38.7 Å². The number of nitrogens with zero attached hydrogens (tertiary/aromatic N) is 5. The molecule has 4 aromatic rings. The van der Waals surface area contributed by atoms with E-state index in [4.69, 9.17) is 0 Å². The number of benzene rings is 2. The fourth-order valence-corrected chi connectivity index (χ4v) is 4.64. The van der Waals surface area contributed by atoms with E-state index in [0.717, 1.165) is 24.8 Å². The number of anilines is 1. The molecule has 1 fully saturated rings. The maximum Gasteiger partial charge on any atom is 0.225 e. The number of hydrogen-bond acceptors (Lipinski definition) is 5. The molecule has 0 radical (unpaired) electrons. The third-order valence-corrected chi connectivity index (χ3v) is 6.77. The van der Waals surface area contributed by atoms with E-state index in [9.17, 15) is 13.6 Å². The molecule has 180 valence electrons. The summed E-state index contributed by atoms with van der Waals surface area (Å²) in [6, 6.07) is 9.73. The summed E-state index contributed by atoms with van der Waals surface area (Å²) in [5.41, 5.74) is 2.08. The van der Waals surface area contributed by atoms with Gasteiger partial charge in [0.25, 0.3) is 0 Å². The Morgan fingerprint density at radius 1 is 1.17 bits per heavy atom. The van der Waals surface area contributed by atoms with E-state index in [1.54, 1.807) is 42.1 Å². The third-order valence-electron chi connectivity index (χ3n) is 6.28. The Bertz CT molecular complexity index is 1410. The number of fused-ring (bicyclic) bond motifs is 1. The van der Waals surface area contributed by atoms with Crippen molar-refractivity contribution in [2.45, 2.75) is 26.3 Å². The van der Waals surface area contributed by atoms with Crippen molar-refractivity contribution in [3.05, 3.63) is 76.2 Å². The van der Waals surface area contributed by atoms with Crippen LogP contribution in [0, 0.1) is 24.5 Å². The van der Waals surface area contributed by atoms with Gasteiger partial charge in [0.2, 0.25) is 5.91 Å². The monoisotopic (exact) mass is 540 g/mol. The molecule has 0 bridgehead atoms. The first-order chi connectivity index (χ1) is 16.9. The highest BCUT2D eigenvalue weighted by molar-refractivity contribution is 9.10. The number of amides is 1. The van der Waals surface area contributed by atoms with E-state index >= 15 is 0 Å². The quantitative estimate of drug-likeness (QED) is 0.397. The molecule has 1 amide bonds. The van der Waals surface area contributed by atoms with Crippen LogP contribution in [0.25, 0.3) is 16.7 Å². The Hall–Kier alpha value is -3.40. The summed E-state index contributed by atoms with van der Waals surface area (Å²) in [5, 5.41) is 8.09. The lowest BCUT2D eigenvalue weighted by atomic mass is 9.97. The second-order valence-electron chi connectivity index (χ2n) is 8.68. The highest BCUT2D eigenvalue weighted by Crippen LogP contribution is 2.28. The molecule has 2 aromatic heterocycles. The van der Waals surface area contributed by atoms with E-state index in [1.807, 2.05) is 0 Å². The van der Waals surface area contributed by atoms with E-state index in [0.29, 0.717) is 39.3 Å². The predicted molar refractivity (Wildman–Crippen MR) is 132 cm³/mol. The highest BCUT2D eigenvalue weighted by Gasteiger charge is 2.28. The zero-order valence-corrected chi connectivity index (χ0v) is 20.6. The number of halogens is 3. The Morgan fingerprint density at radius 2 is 2.03 bits per heavy atom. The molecule has 1 N–H and O–H groups in total. The summed E-state index contributed by atoms with van der Waals surface area (Å²) in [4.78, 5) is 23.7. The van der Waals surface area contributed by atoms with Crippen LogP contribution in [0.4, 0.5) is 14.6 Å². The zero-order valence-electron chi connectivity index (χ0n) is 19.0. The van der Waals surface area contributed by atoms with E-state index in [2.05, 4.69) is 41.2 Å². The lowest BCUT2D eigenvalue weighted by molar-refractivity contribution is -0.125. The molecule has 10 heteroatoms. The Labute approximate surface area is 209 Å². The molecule has 7 nitrogen and oxygen atoms in total. The van der Waals surface area contributed by atoms with Gasteiger partial charge >= 0.3 is 0 Å². The molecule has 1 unspecified atom stereocenters. The number of rotatable bonds is 5. The normalized spacial score (nSPS) is 16.0. The predicted octanol–water partition coefficient (Wildman–Crippen LogP) is 4.70. The molecule has 0 aliphatic carbocycles. The molecule has 3 heterocycles. The summed E-state index contributed by atoms with van der Waals surface area (Å²) in [5.74, 6) is -0.355. The lowest BCUT2D eigenvalue weighted by Gasteiger charge is -2.33. The maximum absolute atomic E-state index is 14.1. The molecule has 1 aliphatic heterocycles. The van der Waals surface area contributed by atoms with Crippen molar-refractivity contribution in [2.24, 2.45) is 5.92 Å². The smallest absolute Gasteiger partial charge is 0.225 e. The summed E-state index contributed by atoms with van der Waals surface area (Å²) in [6.07, 6.45) is 4.79. The van der Waals surface area contributed by atoms with Crippen molar-refractivity contribution in [3.63, 3.8) is 0 Å². The van der Waals surface area contributed by atoms with Crippen LogP contribution in [0.15, 0.2) is 53.4 Å². The topological polar surface area (TPSA) is 75.9 Å². The summed E-state index contributed by atoms with van der Waals surface area (Å²) >= 11 is 3.24. The number of carbonyl (C=O) groups is 1. The minimum atomic E-state index is -0.362. The third kappa shape index (κ3) is 4.88. The van der Waals surface area contributed by atoms with Crippen molar-refractivity contribution in [1.29, 1.82) is 0 Å². The van der Waals surface area contributed by atoms with Gasteiger partial charge in [-0.3, -0.25) is 4.79 Å². The number of nitrogens with one attached hydrogen (secondary N) is 1. The molecule has 1 saturated heterocycles. The zero-order chi connectivity index (χ0) is 24.5. The van der Waals surface area contributed by atoms with Gasteiger partial charge in [0.1, 0.15) is 23.8 Å². The molecule has 0 spiro atoms. The fourth-order valence-electron chi connectivity index (χ4n) is 4.31. The number of aryl methyl sites for hydroxylation is 1. The van der Waals surface area contributed by atoms with Crippen LogP contribution in [0.3, 0.4) is 0 Å². The van der Waals surface area contributed by atoms with Crippen molar-refractivity contribution in [2.75, 3.05) is 18.0 Å². The minimum absolute atomic E-state index is 0.117. The fraction of sp³-hybridized carbons (Fsp3) is 0.280. The van der Waals surface area contributed by atoms with Gasteiger partial charge in [-0.1, -0.05) is 28.1 Å². The lowest BCUT2D eigenvalue weighted by Crippen LogP contribution is -2.43. The van der Waals surface area contributed by atoms with E-state index in [-0.39, 0.29) is 30.0 Å². The maximum atomic E-state index is 14.1. The van der Waals surface area contributed by atoms with Crippen molar-refractivity contribution in [1.82, 2.24) is 25.1 Å². The Kier molecular flexibility index (Phi) is 6.46. The van der Waals surface area contributed by atoms with Crippen molar-refractivity contribution in [3.8, 4) is 5.69 Å².